The fourth-order valence-corrected chi connectivity index (χ4v) is 2.49. The van der Waals surface area contributed by atoms with Crippen molar-refractivity contribution in [2.75, 3.05) is 11.9 Å². The molecule has 0 radical (unpaired) electrons. The normalized spacial score (nSPS) is 16.3. The molecule has 3 heteroatoms. The Kier molecular flexibility index (Phi) is 4.39. The van der Waals surface area contributed by atoms with Crippen LogP contribution in [0.2, 0.25) is 0 Å². The van der Waals surface area contributed by atoms with Gasteiger partial charge in [0.15, 0.2) is 5.82 Å². The summed E-state index contributed by atoms with van der Waals surface area (Å²) in [5, 5.41) is 0. The first-order valence-electron chi connectivity index (χ1n) is 6.89. The van der Waals surface area contributed by atoms with Crippen molar-refractivity contribution in [3.05, 3.63) is 29.1 Å². The van der Waals surface area contributed by atoms with Crippen molar-refractivity contribution < 1.29 is 9.18 Å². The number of amides is 1. The Balaban J connectivity index is 0.000000861. The van der Waals surface area contributed by atoms with Crippen molar-refractivity contribution in [1.29, 1.82) is 0 Å². The first kappa shape index (κ1) is 15.7. The molecule has 0 saturated carbocycles. The van der Waals surface area contributed by atoms with Gasteiger partial charge in [0.25, 0.3) is 0 Å². The van der Waals surface area contributed by atoms with Crippen molar-refractivity contribution in [2.24, 2.45) is 0 Å². The van der Waals surface area contributed by atoms with Crippen LogP contribution in [0.15, 0.2) is 12.1 Å². The summed E-state index contributed by atoms with van der Waals surface area (Å²) in [4.78, 5) is 13.5. The second-order valence-electron chi connectivity index (χ2n) is 5.51. The summed E-state index contributed by atoms with van der Waals surface area (Å²) in [6.07, 6.45) is 0. The number of halogens is 1. The summed E-state index contributed by atoms with van der Waals surface area (Å²) in [5.41, 5.74) is 1.28. The van der Waals surface area contributed by atoms with Gasteiger partial charge in [-0.05, 0) is 30.9 Å². The number of anilines is 1. The van der Waals surface area contributed by atoms with Gasteiger partial charge in [-0.3, -0.25) is 4.79 Å². The van der Waals surface area contributed by atoms with Gasteiger partial charge in [-0.2, -0.15) is 0 Å². The Morgan fingerprint density at radius 1 is 1.21 bits per heavy atom. The zero-order valence-corrected chi connectivity index (χ0v) is 13.0. The Bertz CT molecular complexity index is 492. The Morgan fingerprint density at radius 2 is 1.74 bits per heavy atom. The van der Waals surface area contributed by atoms with Crippen LogP contribution in [0.4, 0.5) is 10.1 Å². The average molecular weight is 265 g/mol. The number of carbonyl (C=O) groups is 1. The van der Waals surface area contributed by atoms with E-state index >= 15 is 0 Å². The maximum Gasteiger partial charge on any atom is 0.236 e. The summed E-state index contributed by atoms with van der Waals surface area (Å²) in [6, 6.07) is 3.68. The third-order valence-electron chi connectivity index (χ3n) is 3.62. The van der Waals surface area contributed by atoms with Crippen molar-refractivity contribution in [3.63, 3.8) is 0 Å². The van der Waals surface area contributed by atoms with Gasteiger partial charge < -0.3 is 4.90 Å². The lowest BCUT2D eigenvalue weighted by atomic mass is 9.85. The molecule has 0 bridgehead atoms. The minimum Gasteiger partial charge on any atom is -0.312 e. The van der Waals surface area contributed by atoms with E-state index in [-0.39, 0.29) is 17.6 Å². The van der Waals surface area contributed by atoms with E-state index in [0.29, 0.717) is 11.3 Å². The molecule has 0 unspecified atom stereocenters. The molecular weight excluding hydrogens is 241 g/mol. The molecule has 19 heavy (non-hydrogen) atoms. The number of hydrogen-bond donors (Lipinski definition) is 0. The molecule has 2 nitrogen and oxygen atoms in total. The standard InChI is InChI=1S/C14H18FNO.C2H6/c1-8(2)9-6-7-10-12(11(9)15)16(5)13(17)14(10,3)4;1-2/h6-8H,1-5H3;1-2H3. The second-order valence-corrected chi connectivity index (χ2v) is 5.51. The number of likely N-dealkylation sites (N-methyl/N-ethyl adjacent to an activating group) is 1. The molecule has 0 spiro atoms. The minimum atomic E-state index is -0.625. The van der Waals surface area contributed by atoms with Crippen LogP contribution in [0, 0.1) is 5.82 Å². The maximum atomic E-state index is 14.4. The van der Waals surface area contributed by atoms with Gasteiger partial charge in [-0.25, -0.2) is 4.39 Å². The first-order chi connectivity index (χ1) is 8.78. The number of nitrogens with zero attached hydrogens (tertiary/aromatic N) is 1. The van der Waals surface area contributed by atoms with Crippen LogP contribution >= 0.6 is 0 Å². The highest BCUT2D eigenvalue weighted by Gasteiger charge is 2.44. The number of fused-ring (bicyclic) bond motifs is 1. The van der Waals surface area contributed by atoms with Crippen LogP contribution in [0.1, 0.15) is 58.6 Å². The highest BCUT2D eigenvalue weighted by molar-refractivity contribution is 6.07. The lowest BCUT2D eigenvalue weighted by Crippen LogP contribution is -2.33. The molecule has 1 aliphatic heterocycles. The molecular formula is C16H24FNO. The molecule has 0 aromatic heterocycles. The van der Waals surface area contributed by atoms with Gasteiger partial charge in [-0.15, -0.1) is 0 Å². The lowest BCUT2D eigenvalue weighted by molar-refractivity contribution is -0.121. The second kappa shape index (κ2) is 5.32. The topological polar surface area (TPSA) is 20.3 Å². The van der Waals surface area contributed by atoms with Crippen LogP contribution in [-0.4, -0.2) is 13.0 Å². The predicted octanol–water partition coefficient (Wildman–Crippen LogP) is 4.23. The van der Waals surface area contributed by atoms with E-state index in [2.05, 4.69) is 0 Å². The highest BCUT2D eigenvalue weighted by atomic mass is 19.1. The van der Waals surface area contributed by atoms with Gasteiger partial charge in [0.05, 0.1) is 11.1 Å². The van der Waals surface area contributed by atoms with Crippen molar-refractivity contribution in [3.8, 4) is 0 Å². The molecule has 1 aromatic carbocycles. The third kappa shape index (κ3) is 2.26. The molecule has 0 N–H and O–H groups in total. The van der Waals surface area contributed by atoms with E-state index in [4.69, 9.17) is 0 Å². The van der Waals surface area contributed by atoms with Gasteiger partial charge in [0.2, 0.25) is 5.91 Å². The molecule has 0 saturated heterocycles. The van der Waals surface area contributed by atoms with E-state index in [0.717, 1.165) is 5.56 Å². The van der Waals surface area contributed by atoms with Crippen LogP contribution in [0.3, 0.4) is 0 Å². The van der Waals surface area contributed by atoms with Crippen LogP contribution in [0.25, 0.3) is 0 Å². The SMILES string of the molecule is CC.CC(C)c1ccc2c(c1F)N(C)C(=O)C2(C)C. The molecule has 0 fully saturated rings. The quantitative estimate of drug-likeness (QED) is 0.744. The molecule has 1 aliphatic rings. The van der Waals surface area contributed by atoms with Crippen LogP contribution < -0.4 is 4.90 Å². The summed E-state index contributed by atoms with van der Waals surface area (Å²) in [5.74, 6) is -0.182. The molecule has 1 aromatic rings. The summed E-state index contributed by atoms with van der Waals surface area (Å²) < 4.78 is 14.4. The molecule has 1 heterocycles. The highest BCUT2D eigenvalue weighted by Crippen LogP contribution is 2.43. The minimum absolute atomic E-state index is 0.0488. The van der Waals surface area contributed by atoms with Gasteiger partial charge in [0.1, 0.15) is 0 Å². The van der Waals surface area contributed by atoms with Crippen molar-refractivity contribution >= 4 is 11.6 Å². The molecule has 2 rings (SSSR count). The third-order valence-corrected chi connectivity index (χ3v) is 3.62. The van der Waals surface area contributed by atoms with E-state index in [9.17, 15) is 9.18 Å². The predicted molar refractivity (Wildman–Crippen MR) is 78.3 cm³/mol. The maximum absolute atomic E-state index is 14.4. The smallest absolute Gasteiger partial charge is 0.236 e. The fraction of sp³-hybridized carbons (Fsp3) is 0.562. The van der Waals surface area contributed by atoms with E-state index in [1.807, 2.05) is 47.6 Å². The summed E-state index contributed by atoms with van der Waals surface area (Å²) in [7, 11) is 1.64. The molecule has 0 aliphatic carbocycles. The number of carbonyl (C=O) groups excluding carboxylic acids is 1. The number of hydrogen-bond acceptors (Lipinski definition) is 1. The largest absolute Gasteiger partial charge is 0.312 e. The van der Waals surface area contributed by atoms with Crippen LogP contribution in [-0.2, 0) is 10.2 Å². The Hall–Kier alpha value is -1.38. The molecule has 106 valence electrons. The molecule has 1 amide bonds. The van der Waals surface area contributed by atoms with Crippen LogP contribution in [0.5, 0.6) is 0 Å². The Labute approximate surface area is 115 Å². The van der Waals surface area contributed by atoms with Gasteiger partial charge in [0, 0.05) is 7.05 Å². The van der Waals surface area contributed by atoms with E-state index < -0.39 is 5.41 Å². The molecule has 0 atom stereocenters. The number of benzene rings is 1. The summed E-state index contributed by atoms with van der Waals surface area (Å²) in [6.45, 7) is 11.6. The summed E-state index contributed by atoms with van der Waals surface area (Å²) >= 11 is 0. The van der Waals surface area contributed by atoms with Gasteiger partial charge in [-0.1, -0.05) is 39.8 Å². The zero-order chi connectivity index (χ0) is 15.0. The fourth-order valence-electron chi connectivity index (χ4n) is 2.49. The van der Waals surface area contributed by atoms with E-state index in [1.165, 1.54) is 4.90 Å². The zero-order valence-electron chi connectivity index (χ0n) is 13.0. The van der Waals surface area contributed by atoms with Crippen molar-refractivity contribution in [1.82, 2.24) is 0 Å². The lowest BCUT2D eigenvalue weighted by Gasteiger charge is -2.16. The average Bonchev–Trinajstić information content (AvgIpc) is 2.54. The Morgan fingerprint density at radius 3 is 2.21 bits per heavy atom. The monoisotopic (exact) mass is 265 g/mol. The first-order valence-corrected chi connectivity index (χ1v) is 6.89. The number of rotatable bonds is 1. The van der Waals surface area contributed by atoms with Crippen molar-refractivity contribution in [2.45, 2.75) is 52.9 Å². The van der Waals surface area contributed by atoms with E-state index in [1.54, 1.807) is 13.1 Å². The van der Waals surface area contributed by atoms with Gasteiger partial charge >= 0.3 is 0 Å².